The van der Waals surface area contributed by atoms with E-state index < -0.39 is 0 Å². The van der Waals surface area contributed by atoms with E-state index in [0.717, 1.165) is 28.8 Å². The van der Waals surface area contributed by atoms with Crippen molar-refractivity contribution < 1.29 is 0 Å². The molecule has 2 atom stereocenters. The van der Waals surface area contributed by atoms with Crippen LogP contribution in [0, 0.1) is 5.92 Å². The molecule has 1 aliphatic carbocycles. The predicted molar refractivity (Wildman–Crippen MR) is 65.6 cm³/mol. The van der Waals surface area contributed by atoms with E-state index in [9.17, 15) is 0 Å². The normalized spacial score (nSPS) is 24.1. The van der Waals surface area contributed by atoms with Crippen molar-refractivity contribution in [1.29, 1.82) is 0 Å². The zero-order chi connectivity index (χ0) is 10.7. The Kier molecular flexibility index (Phi) is 3.76. The van der Waals surface area contributed by atoms with Gasteiger partial charge in [0.1, 0.15) is 4.60 Å². The number of nitrogens with one attached hydrogen (secondary N) is 1. The highest BCUT2D eigenvalue weighted by Gasteiger charge is 2.35. The smallest absolute Gasteiger partial charge is 0.106 e. The fraction of sp³-hybridized carbons (Fsp3) is 0.583. The molecule has 1 aliphatic rings. The van der Waals surface area contributed by atoms with E-state index in [1.807, 2.05) is 12.1 Å². The first-order chi connectivity index (χ1) is 7.29. The molecule has 1 aromatic heterocycles. The zero-order valence-electron chi connectivity index (χ0n) is 9.04. The van der Waals surface area contributed by atoms with Gasteiger partial charge in [0.15, 0.2) is 0 Å². The number of nitrogens with zero attached hydrogens (tertiary/aromatic N) is 1. The third-order valence-corrected chi connectivity index (χ3v) is 3.34. The third kappa shape index (κ3) is 3.28. The molecule has 15 heavy (non-hydrogen) atoms. The van der Waals surface area contributed by atoms with Gasteiger partial charge in [0.2, 0.25) is 0 Å². The van der Waals surface area contributed by atoms with E-state index in [0.29, 0.717) is 0 Å². The van der Waals surface area contributed by atoms with Gasteiger partial charge in [-0.1, -0.05) is 19.4 Å². The number of hydrogen-bond acceptors (Lipinski definition) is 2. The van der Waals surface area contributed by atoms with Gasteiger partial charge in [-0.25, -0.2) is 4.98 Å². The second kappa shape index (κ2) is 5.08. The molecule has 82 valence electrons. The van der Waals surface area contributed by atoms with Crippen LogP contribution in [0.4, 0.5) is 0 Å². The standard InChI is InChI=1S/C12H17BrN2/c1-2-4-9-7-11(9)14-8-10-5-3-6-12(13)15-10/h3,5-6,9,11,14H,2,4,7-8H2,1H3. The van der Waals surface area contributed by atoms with Crippen LogP contribution in [0.1, 0.15) is 31.9 Å². The molecule has 1 fully saturated rings. The molecule has 1 saturated carbocycles. The third-order valence-electron chi connectivity index (χ3n) is 2.90. The average molecular weight is 269 g/mol. The maximum atomic E-state index is 4.40. The largest absolute Gasteiger partial charge is 0.308 e. The van der Waals surface area contributed by atoms with Crippen molar-refractivity contribution in [1.82, 2.24) is 10.3 Å². The highest BCUT2D eigenvalue weighted by molar-refractivity contribution is 9.10. The van der Waals surface area contributed by atoms with Gasteiger partial charge in [-0.3, -0.25) is 0 Å². The molecule has 1 aromatic rings. The minimum atomic E-state index is 0.741. The van der Waals surface area contributed by atoms with Gasteiger partial charge < -0.3 is 5.32 Å². The topological polar surface area (TPSA) is 24.9 Å². The summed E-state index contributed by atoms with van der Waals surface area (Å²) in [7, 11) is 0. The van der Waals surface area contributed by atoms with Crippen LogP contribution >= 0.6 is 15.9 Å². The summed E-state index contributed by atoms with van der Waals surface area (Å²) in [6, 6.07) is 6.80. The molecule has 0 radical (unpaired) electrons. The maximum Gasteiger partial charge on any atom is 0.106 e. The molecular formula is C12H17BrN2. The predicted octanol–water partition coefficient (Wildman–Crippen LogP) is 3.12. The molecule has 0 saturated heterocycles. The lowest BCUT2D eigenvalue weighted by Crippen LogP contribution is -2.18. The number of pyridine rings is 1. The van der Waals surface area contributed by atoms with Gasteiger partial charge in [-0.15, -0.1) is 0 Å². The van der Waals surface area contributed by atoms with Crippen molar-refractivity contribution in [2.24, 2.45) is 5.92 Å². The number of halogens is 1. The van der Waals surface area contributed by atoms with E-state index in [2.05, 4.69) is 39.2 Å². The molecule has 1 heterocycles. The Morgan fingerprint density at radius 3 is 3.13 bits per heavy atom. The first-order valence-corrected chi connectivity index (χ1v) is 6.43. The van der Waals surface area contributed by atoms with Crippen LogP contribution in [0.5, 0.6) is 0 Å². The molecule has 3 heteroatoms. The molecule has 0 aliphatic heterocycles. The van der Waals surface area contributed by atoms with Crippen LogP contribution in [-0.4, -0.2) is 11.0 Å². The van der Waals surface area contributed by atoms with E-state index in [1.165, 1.54) is 19.3 Å². The van der Waals surface area contributed by atoms with Crippen molar-refractivity contribution >= 4 is 15.9 Å². The van der Waals surface area contributed by atoms with Gasteiger partial charge in [0.05, 0.1) is 5.69 Å². The lowest BCUT2D eigenvalue weighted by Gasteiger charge is -2.03. The van der Waals surface area contributed by atoms with Crippen molar-refractivity contribution in [2.75, 3.05) is 0 Å². The maximum absolute atomic E-state index is 4.40. The Balaban J connectivity index is 1.75. The zero-order valence-corrected chi connectivity index (χ0v) is 10.6. The summed E-state index contributed by atoms with van der Waals surface area (Å²) in [6.45, 7) is 3.15. The van der Waals surface area contributed by atoms with Crippen molar-refractivity contribution in [3.63, 3.8) is 0 Å². The molecule has 0 bridgehead atoms. The van der Waals surface area contributed by atoms with E-state index >= 15 is 0 Å². The SMILES string of the molecule is CCCC1CC1NCc1cccc(Br)n1. The summed E-state index contributed by atoms with van der Waals surface area (Å²) >= 11 is 3.38. The van der Waals surface area contributed by atoms with Crippen molar-refractivity contribution in [2.45, 2.75) is 38.8 Å². The minimum Gasteiger partial charge on any atom is -0.308 e. The van der Waals surface area contributed by atoms with E-state index in [4.69, 9.17) is 0 Å². The highest BCUT2D eigenvalue weighted by atomic mass is 79.9. The summed E-state index contributed by atoms with van der Waals surface area (Å²) in [4.78, 5) is 4.40. The summed E-state index contributed by atoms with van der Waals surface area (Å²) in [5.41, 5.74) is 1.12. The summed E-state index contributed by atoms with van der Waals surface area (Å²) in [5.74, 6) is 0.919. The number of rotatable bonds is 5. The van der Waals surface area contributed by atoms with Crippen LogP contribution in [0.3, 0.4) is 0 Å². The van der Waals surface area contributed by atoms with Gasteiger partial charge >= 0.3 is 0 Å². The number of hydrogen-bond donors (Lipinski definition) is 1. The Labute approximate surface area is 99.6 Å². The van der Waals surface area contributed by atoms with Crippen LogP contribution in [0.25, 0.3) is 0 Å². The molecule has 1 N–H and O–H groups in total. The lowest BCUT2D eigenvalue weighted by molar-refractivity contribution is 0.593. The Hall–Kier alpha value is -0.410. The molecule has 2 unspecified atom stereocenters. The van der Waals surface area contributed by atoms with E-state index in [-0.39, 0.29) is 0 Å². The fourth-order valence-electron chi connectivity index (χ4n) is 1.97. The quantitative estimate of drug-likeness (QED) is 0.831. The molecule has 0 spiro atoms. The van der Waals surface area contributed by atoms with Gasteiger partial charge in [0.25, 0.3) is 0 Å². The Morgan fingerprint density at radius 1 is 1.53 bits per heavy atom. The van der Waals surface area contributed by atoms with Crippen molar-refractivity contribution in [3.8, 4) is 0 Å². The van der Waals surface area contributed by atoms with Crippen LogP contribution in [0.2, 0.25) is 0 Å². The van der Waals surface area contributed by atoms with Gasteiger partial charge in [-0.2, -0.15) is 0 Å². The van der Waals surface area contributed by atoms with E-state index in [1.54, 1.807) is 0 Å². The lowest BCUT2D eigenvalue weighted by atomic mass is 10.2. The molecule has 0 aromatic carbocycles. The monoisotopic (exact) mass is 268 g/mol. The first kappa shape index (κ1) is 11.1. The second-order valence-corrected chi connectivity index (χ2v) is 5.04. The summed E-state index contributed by atoms with van der Waals surface area (Å²) in [5, 5.41) is 3.55. The Bertz CT molecular complexity index is 327. The Morgan fingerprint density at radius 2 is 2.40 bits per heavy atom. The average Bonchev–Trinajstić information content (AvgIpc) is 2.95. The van der Waals surface area contributed by atoms with Gasteiger partial charge in [0, 0.05) is 12.6 Å². The fourth-order valence-corrected chi connectivity index (χ4v) is 2.35. The first-order valence-electron chi connectivity index (χ1n) is 5.64. The van der Waals surface area contributed by atoms with Crippen molar-refractivity contribution in [3.05, 3.63) is 28.5 Å². The van der Waals surface area contributed by atoms with Crippen LogP contribution in [-0.2, 0) is 6.54 Å². The molecule has 0 amide bonds. The molecule has 2 nitrogen and oxygen atoms in total. The molecular weight excluding hydrogens is 252 g/mol. The summed E-state index contributed by atoms with van der Waals surface area (Å²) in [6.07, 6.45) is 4.02. The number of aromatic nitrogens is 1. The highest BCUT2D eigenvalue weighted by Crippen LogP contribution is 2.34. The minimum absolute atomic E-state index is 0.741. The van der Waals surface area contributed by atoms with Gasteiger partial charge in [-0.05, 0) is 46.8 Å². The molecule has 2 rings (SSSR count). The second-order valence-electron chi connectivity index (χ2n) is 4.22. The van der Waals surface area contributed by atoms with Crippen LogP contribution in [0.15, 0.2) is 22.8 Å². The summed E-state index contributed by atoms with van der Waals surface area (Å²) < 4.78 is 0.919. The van der Waals surface area contributed by atoms with Crippen LogP contribution < -0.4 is 5.32 Å².